The Balaban J connectivity index is 1.70. The molecule has 5 heteroatoms. The molecule has 0 aromatic heterocycles. The van der Waals surface area contributed by atoms with Gasteiger partial charge in [-0.1, -0.05) is 6.07 Å². The van der Waals surface area contributed by atoms with Gasteiger partial charge in [-0.3, -0.25) is 4.90 Å². The first-order valence-corrected chi connectivity index (χ1v) is 7.37. The van der Waals surface area contributed by atoms with Gasteiger partial charge in [0.05, 0.1) is 13.2 Å². The van der Waals surface area contributed by atoms with Crippen molar-refractivity contribution in [3.63, 3.8) is 0 Å². The van der Waals surface area contributed by atoms with E-state index in [0.717, 1.165) is 38.4 Å². The van der Waals surface area contributed by atoms with Crippen LogP contribution in [-0.4, -0.2) is 56.7 Å². The molecule has 2 aliphatic heterocycles. The van der Waals surface area contributed by atoms with Crippen molar-refractivity contribution < 1.29 is 13.5 Å². The van der Waals surface area contributed by atoms with Gasteiger partial charge >= 0.3 is 0 Å². The highest BCUT2D eigenvalue weighted by molar-refractivity contribution is 5.18. The fraction of sp³-hybridized carbons (Fsp3) is 0.625. The minimum Gasteiger partial charge on any atom is -0.380 e. The number of fused-ring (bicyclic) bond motifs is 1. The second-order valence-corrected chi connectivity index (χ2v) is 6.73. The number of rotatable bonds is 4. The molecule has 2 aliphatic rings. The summed E-state index contributed by atoms with van der Waals surface area (Å²) >= 11 is 0. The Bertz CT molecular complexity index is 523. The van der Waals surface area contributed by atoms with Crippen molar-refractivity contribution in [1.29, 1.82) is 0 Å². The molecule has 2 saturated heterocycles. The number of halogens is 2. The maximum Gasteiger partial charge on any atom is 0.159 e. The Morgan fingerprint density at radius 1 is 1.33 bits per heavy atom. The number of nitrogens with zero attached hydrogens (tertiary/aromatic N) is 2. The van der Waals surface area contributed by atoms with E-state index >= 15 is 0 Å². The van der Waals surface area contributed by atoms with Gasteiger partial charge in [-0.05, 0) is 31.8 Å². The van der Waals surface area contributed by atoms with Crippen LogP contribution in [0.5, 0.6) is 0 Å². The summed E-state index contributed by atoms with van der Waals surface area (Å²) in [6.07, 6.45) is 0. The first kappa shape index (κ1) is 14.9. The second-order valence-electron chi connectivity index (χ2n) is 6.73. The minimum absolute atomic E-state index is 0.183. The molecule has 116 valence electrons. The molecular formula is C16H22F2N2O. The van der Waals surface area contributed by atoms with Gasteiger partial charge in [0.15, 0.2) is 11.6 Å². The van der Waals surface area contributed by atoms with Gasteiger partial charge in [-0.2, -0.15) is 0 Å². The van der Waals surface area contributed by atoms with Gasteiger partial charge in [0.1, 0.15) is 0 Å². The van der Waals surface area contributed by atoms with E-state index in [-0.39, 0.29) is 5.41 Å². The molecule has 0 spiro atoms. The lowest BCUT2D eigenvalue weighted by Gasteiger charge is -2.30. The molecule has 0 saturated carbocycles. The molecule has 3 rings (SSSR count). The largest absolute Gasteiger partial charge is 0.380 e. The molecular weight excluding hydrogens is 274 g/mol. The summed E-state index contributed by atoms with van der Waals surface area (Å²) in [7, 11) is 4.17. The Morgan fingerprint density at radius 2 is 2.14 bits per heavy atom. The van der Waals surface area contributed by atoms with Crippen LogP contribution in [0.1, 0.15) is 5.56 Å². The third kappa shape index (κ3) is 2.96. The average molecular weight is 296 g/mol. The minimum atomic E-state index is -0.783. The van der Waals surface area contributed by atoms with E-state index in [1.54, 1.807) is 6.07 Å². The van der Waals surface area contributed by atoms with E-state index in [9.17, 15) is 8.78 Å². The van der Waals surface area contributed by atoms with E-state index < -0.39 is 11.6 Å². The summed E-state index contributed by atoms with van der Waals surface area (Å²) in [6.45, 7) is 5.20. The molecule has 0 bridgehead atoms. The van der Waals surface area contributed by atoms with Crippen LogP contribution >= 0.6 is 0 Å². The quantitative estimate of drug-likeness (QED) is 0.845. The number of benzene rings is 1. The average Bonchev–Trinajstić information content (AvgIpc) is 2.89. The lowest BCUT2D eigenvalue weighted by atomic mass is 9.81. The van der Waals surface area contributed by atoms with Gasteiger partial charge < -0.3 is 9.64 Å². The maximum absolute atomic E-state index is 13.3. The van der Waals surface area contributed by atoms with Crippen LogP contribution in [0, 0.1) is 23.0 Å². The summed E-state index contributed by atoms with van der Waals surface area (Å²) in [6, 6.07) is 4.18. The molecule has 21 heavy (non-hydrogen) atoms. The molecule has 0 unspecified atom stereocenters. The van der Waals surface area contributed by atoms with Crippen LogP contribution in [0.4, 0.5) is 8.78 Å². The van der Waals surface area contributed by atoms with Crippen molar-refractivity contribution in [3.8, 4) is 0 Å². The van der Waals surface area contributed by atoms with E-state index in [4.69, 9.17) is 4.74 Å². The third-order valence-corrected chi connectivity index (χ3v) is 4.61. The van der Waals surface area contributed by atoms with E-state index in [0.29, 0.717) is 12.5 Å². The van der Waals surface area contributed by atoms with Crippen molar-refractivity contribution in [2.24, 2.45) is 11.3 Å². The molecule has 0 aliphatic carbocycles. The van der Waals surface area contributed by atoms with Gasteiger partial charge in [-0.15, -0.1) is 0 Å². The van der Waals surface area contributed by atoms with Crippen LogP contribution in [0.15, 0.2) is 18.2 Å². The maximum atomic E-state index is 13.3. The Morgan fingerprint density at radius 3 is 2.86 bits per heavy atom. The SMILES string of the molecule is CN(C)C[C@@]12COC[C@@H]1CN(Cc1ccc(F)c(F)c1)C2. The van der Waals surface area contributed by atoms with Crippen molar-refractivity contribution in [1.82, 2.24) is 9.80 Å². The molecule has 0 N–H and O–H groups in total. The number of likely N-dealkylation sites (tertiary alicyclic amines) is 1. The predicted octanol–water partition coefficient (Wildman–Crippen LogP) is 1.97. The van der Waals surface area contributed by atoms with Crippen molar-refractivity contribution in [2.45, 2.75) is 6.54 Å². The number of hydrogen-bond donors (Lipinski definition) is 0. The van der Waals surface area contributed by atoms with Crippen LogP contribution in [0.25, 0.3) is 0 Å². The van der Waals surface area contributed by atoms with E-state index in [1.165, 1.54) is 12.1 Å². The lowest BCUT2D eigenvalue weighted by Crippen LogP contribution is -2.40. The van der Waals surface area contributed by atoms with Crippen LogP contribution in [0.2, 0.25) is 0 Å². The first-order valence-electron chi connectivity index (χ1n) is 7.37. The van der Waals surface area contributed by atoms with Gasteiger partial charge in [-0.25, -0.2) is 8.78 Å². The first-order chi connectivity index (χ1) is 9.98. The van der Waals surface area contributed by atoms with E-state index in [2.05, 4.69) is 23.9 Å². The number of ether oxygens (including phenoxy) is 1. The zero-order valence-corrected chi connectivity index (χ0v) is 12.6. The lowest BCUT2D eigenvalue weighted by molar-refractivity contribution is 0.109. The molecule has 0 radical (unpaired) electrons. The zero-order valence-electron chi connectivity index (χ0n) is 12.6. The summed E-state index contributed by atoms with van der Waals surface area (Å²) < 4.78 is 32.0. The Labute approximate surface area is 124 Å². The normalized spacial score (nSPS) is 29.3. The standard InChI is InChI=1S/C16H22F2N2O/c1-19(2)9-16-10-20(7-13(16)8-21-11-16)6-12-3-4-14(17)15(18)5-12/h3-5,13H,6-11H2,1-2H3/t13-,16+/m0/s1. The summed E-state index contributed by atoms with van der Waals surface area (Å²) in [4.78, 5) is 4.55. The molecule has 1 aromatic carbocycles. The van der Waals surface area contributed by atoms with E-state index in [1.807, 2.05) is 0 Å². The Hall–Kier alpha value is -1.04. The number of hydrogen-bond acceptors (Lipinski definition) is 3. The highest BCUT2D eigenvalue weighted by Crippen LogP contribution is 2.42. The molecule has 2 atom stereocenters. The molecule has 2 heterocycles. The summed E-state index contributed by atoms with van der Waals surface area (Å²) in [5.74, 6) is -1.02. The highest BCUT2D eigenvalue weighted by Gasteiger charge is 2.50. The van der Waals surface area contributed by atoms with Crippen molar-refractivity contribution in [2.75, 3.05) is 46.9 Å². The fourth-order valence-corrected chi connectivity index (χ4v) is 3.81. The van der Waals surface area contributed by atoms with Gasteiger partial charge in [0.2, 0.25) is 0 Å². The molecule has 2 fully saturated rings. The van der Waals surface area contributed by atoms with Gasteiger partial charge in [0, 0.05) is 37.5 Å². The van der Waals surface area contributed by atoms with Crippen LogP contribution < -0.4 is 0 Å². The summed E-state index contributed by atoms with van der Waals surface area (Å²) in [5, 5.41) is 0. The Kier molecular flexibility index (Phi) is 3.99. The van der Waals surface area contributed by atoms with Gasteiger partial charge in [0.25, 0.3) is 0 Å². The fourth-order valence-electron chi connectivity index (χ4n) is 3.81. The van der Waals surface area contributed by atoms with Crippen molar-refractivity contribution >= 4 is 0 Å². The molecule has 3 nitrogen and oxygen atoms in total. The third-order valence-electron chi connectivity index (χ3n) is 4.61. The molecule has 1 aromatic rings. The summed E-state index contributed by atoms with van der Waals surface area (Å²) in [5.41, 5.74) is 1.01. The zero-order chi connectivity index (χ0) is 15.0. The monoisotopic (exact) mass is 296 g/mol. The van der Waals surface area contributed by atoms with Crippen LogP contribution in [0.3, 0.4) is 0 Å². The van der Waals surface area contributed by atoms with Crippen LogP contribution in [-0.2, 0) is 11.3 Å². The van der Waals surface area contributed by atoms with Crippen molar-refractivity contribution in [3.05, 3.63) is 35.4 Å². The second kappa shape index (κ2) is 5.63. The highest BCUT2D eigenvalue weighted by atomic mass is 19.2. The molecule has 0 amide bonds. The smallest absolute Gasteiger partial charge is 0.159 e. The predicted molar refractivity (Wildman–Crippen MR) is 76.9 cm³/mol. The topological polar surface area (TPSA) is 15.7 Å².